The molecule has 146 valence electrons. The lowest BCUT2D eigenvalue weighted by Gasteiger charge is -2.14. The van der Waals surface area contributed by atoms with Crippen molar-refractivity contribution >= 4 is 18.3 Å². The third kappa shape index (κ3) is 6.27. The van der Waals surface area contributed by atoms with Crippen molar-refractivity contribution in [1.29, 1.82) is 0 Å². The number of amides is 1. The monoisotopic (exact) mass is 396 g/mol. The van der Waals surface area contributed by atoms with Crippen molar-refractivity contribution in [3.05, 3.63) is 71.3 Å². The number of halogens is 3. The zero-order valence-corrected chi connectivity index (χ0v) is 15.6. The number of carbonyl (C=O) groups is 1. The second kappa shape index (κ2) is 9.78. The summed E-state index contributed by atoms with van der Waals surface area (Å²) in [5.74, 6) is -3.22. The fourth-order valence-corrected chi connectivity index (χ4v) is 2.93. The number of hydrogen-bond acceptors (Lipinski definition) is 3. The van der Waals surface area contributed by atoms with E-state index in [0.29, 0.717) is 13.2 Å². The van der Waals surface area contributed by atoms with Crippen molar-refractivity contribution in [2.75, 3.05) is 6.54 Å². The number of rotatable bonds is 7. The van der Waals surface area contributed by atoms with Crippen LogP contribution in [0.15, 0.2) is 54.6 Å². The molecule has 1 aliphatic heterocycles. The van der Waals surface area contributed by atoms with Gasteiger partial charge in [0.25, 0.3) is 5.92 Å². The van der Waals surface area contributed by atoms with Gasteiger partial charge in [0, 0.05) is 13.0 Å². The molecule has 1 saturated heterocycles. The van der Waals surface area contributed by atoms with E-state index in [9.17, 15) is 13.6 Å². The second-order valence-corrected chi connectivity index (χ2v) is 6.46. The molecule has 2 aromatic carbocycles. The summed E-state index contributed by atoms with van der Waals surface area (Å²) < 4.78 is 32.2. The molecule has 4 nitrogen and oxygen atoms in total. The molecule has 0 bridgehead atoms. The minimum absolute atomic E-state index is 0. The highest BCUT2D eigenvalue weighted by atomic mass is 35.5. The molecule has 7 heteroatoms. The quantitative estimate of drug-likeness (QED) is 0.753. The van der Waals surface area contributed by atoms with Gasteiger partial charge < -0.3 is 10.1 Å². The van der Waals surface area contributed by atoms with Gasteiger partial charge in [-0.2, -0.15) is 0 Å². The van der Waals surface area contributed by atoms with Crippen molar-refractivity contribution in [1.82, 2.24) is 10.6 Å². The Hall–Kier alpha value is -2.02. The minimum atomic E-state index is -2.81. The molecule has 1 amide bonds. The number of alkyl halides is 2. The highest BCUT2D eigenvalue weighted by Gasteiger charge is 2.42. The molecule has 1 fully saturated rings. The van der Waals surface area contributed by atoms with Crippen LogP contribution in [-0.4, -0.2) is 24.4 Å². The van der Waals surface area contributed by atoms with E-state index in [2.05, 4.69) is 10.6 Å². The number of benzene rings is 2. The molecule has 0 spiro atoms. The molecule has 2 N–H and O–H groups in total. The van der Waals surface area contributed by atoms with Gasteiger partial charge in [-0.1, -0.05) is 54.6 Å². The molecule has 1 unspecified atom stereocenters. The van der Waals surface area contributed by atoms with Crippen molar-refractivity contribution in [2.24, 2.45) is 0 Å². The topological polar surface area (TPSA) is 50.4 Å². The van der Waals surface area contributed by atoms with Gasteiger partial charge >= 0.3 is 0 Å². The molecule has 0 radical (unpaired) electrons. The first-order valence-electron chi connectivity index (χ1n) is 8.61. The Balaban J connectivity index is 0.00000261. The number of ether oxygens (including phenoxy) is 1. The van der Waals surface area contributed by atoms with E-state index in [1.54, 1.807) is 0 Å². The Morgan fingerprint density at radius 3 is 2.41 bits per heavy atom. The number of hydrogen-bond donors (Lipinski definition) is 2. The van der Waals surface area contributed by atoms with E-state index in [0.717, 1.165) is 16.7 Å². The third-order valence-electron chi connectivity index (χ3n) is 4.37. The van der Waals surface area contributed by atoms with Crippen LogP contribution in [0, 0.1) is 0 Å². The van der Waals surface area contributed by atoms with Gasteiger partial charge in [-0.25, -0.2) is 8.78 Å². The first kappa shape index (κ1) is 21.3. The van der Waals surface area contributed by atoms with Crippen molar-refractivity contribution in [3.8, 4) is 0 Å². The molecule has 1 heterocycles. The van der Waals surface area contributed by atoms with Gasteiger partial charge in [-0.15, -0.1) is 12.4 Å². The van der Waals surface area contributed by atoms with Crippen LogP contribution in [0.5, 0.6) is 0 Å². The van der Waals surface area contributed by atoms with E-state index >= 15 is 0 Å². The van der Waals surface area contributed by atoms with Crippen LogP contribution in [0.25, 0.3) is 0 Å². The molecule has 27 heavy (non-hydrogen) atoms. The predicted octanol–water partition coefficient (Wildman–Crippen LogP) is 3.44. The first-order valence-corrected chi connectivity index (χ1v) is 8.61. The van der Waals surface area contributed by atoms with Crippen LogP contribution < -0.4 is 10.6 Å². The van der Waals surface area contributed by atoms with Crippen molar-refractivity contribution in [2.45, 2.75) is 38.1 Å². The van der Waals surface area contributed by atoms with Crippen molar-refractivity contribution < 1.29 is 18.3 Å². The van der Waals surface area contributed by atoms with Gasteiger partial charge in [0.1, 0.15) is 0 Å². The third-order valence-corrected chi connectivity index (χ3v) is 4.37. The zero-order valence-electron chi connectivity index (χ0n) is 14.8. The Morgan fingerprint density at radius 1 is 1.07 bits per heavy atom. The summed E-state index contributed by atoms with van der Waals surface area (Å²) in [6.45, 7) is 0.756. The minimum Gasteiger partial charge on any atom is -0.372 e. The van der Waals surface area contributed by atoms with E-state index in [1.165, 1.54) is 0 Å². The van der Waals surface area contributed by atoms with Crippen LogP contribution in [0.2, 0.25) is 0 Å². The smallest absolute Gasteiger partial charge is 0.262 e. The first-order chi connectivity index (χ1) is 12.5. The molecule has 2 aromatic rings. The molecule has 3 rings (SSSR count). The molecule has 1 atom stereocenters. The van der Waals surface area contributed by atoms with Crippen LogP contribution in [0.4, 0.5) is 8.78 Å². The molecular formula is C20H23ClF2N2O2. The maximum Gasteiger partial charge on any atom is 0.262 e. The summed E-state index contributed by atoms with van der Waals surface area (Å²) in [7, 11) is 0. The van der Waals surface area contributed by atoms with Gasteiger partial charge in [0.2, 0.25) is 5.91 Å². The lowest BCUT2D eigenvalue weighted by Crippen LogP contribution is -2.40. The van der Waals surface area contributed by atoms with E-state index in [1.807, 2.05) is 54.6 Å². The van der Waals surface area contributed by atoms with Gasteiger partial charge in [-0.3, -0.25) is 10.1 Å². The lowest BCUT2D eigenvalue weighted by molar-refractivity contribution is -0.123. The summed E-state index contributed by atoms with van der Waals surface area (Å²) in [5.41, 5.74) is 2.97. The normalized spacial score (nSPS) is 17.9. The van der Waals surface area contributed by atoms with Gasteiger partial charge in [-0.05, 0) is 16.7 Å². The van der Waals surface area contributed by atoms with Crippen molar-refractivity contribution in [3.63, 3.8) is 0 Å². The molecule has 1 aliphatic rings. The maximum atomic E-state index is 13.2. The van der Waals surface area contributed by atoms with Crippen LogP contribution in [0.1, 0.15) is 23.1 Å². The largest absolute Gasteiger partial charge is 0.372 e. The Bertz CT molecular complexity index is 744. The maximum absolute atomic E-state index is 13.2. The van der Waals surface area contributed by atoms with Crippen LogP contribution >= 0.6 is 12.4 Å². The lowest BCUT2D eigenvalue weighted by atomic mass is 10.1. The summed E-state index contributed by atoms with van der Waals surface area (Å²) in [4.78, 5) is 12.1. The Kier molecular flexibility index (Phi) is 7.71. The van der Waals surface area contributed by atoms with Gasteiger partial charge in [0.15, 0.2) is 0 Å². The summed E-state index contributed by atoms with van der Waals surface area (Å²) >= 11 is 0. The van der Waals surface area contributed by atoms with Crippen LogP contribution in [0.3, 0.4) is 0 Å². The predicted molar refractivity (Wildman–Crippen MR) is 102 cm³/mol. The van der Waals surface area contributed by atoms with Crippen LogP contribution in [-0.2, 0) is 29.3 Å². The summed E-state index contributed by atoms with van der Waals surface area (Å²) in [5, 5.41) is 5.30. The standard InChI is InChI=1S/C20H22F2N2O2.ClH/c21-20(22)10-18(24-14-20)19(25)23-11-16-8-4-5-9-17(16)13-26-12-15-6-2-1-3-7-15;/h1-9,18,24H,10-14H2,(H,23,25);1H. The fourth-order valence-electron chi connectivity index (χ4n) is 2.93. The second-order valence-electron chi connectivity index (χ2n) is 6.46. The fraction of sp³-hybridized carbons (Fsp3) is 0.350. The summed E-state index contributed by atoms with van der Waals surface area (Å²) in [6, 6.07) is 16.7. The molecule has 0 aromatic heterocycles. The Morgan fingerprint density at radius 2 is 1.74 bits per heavy atom. The molecule has 0 aliphatic carbocycles. The average molecular weight is 397 g/mol. The highest BCUT2D eigenvalue weighted by molar-refractivity contribution is 5.85. The Labute approximate surface area is 163 Å². The highest BCUT2D eigenvalue weighted by Crippen LogP contribution is 2.25. The van der Waals surface area contributed by atoms with Gasteiger partial charge in [0.05, 0.1) is 25.8 Å². The number of carbonyl (C=O) groups excluding carboxylic acids is 1. The SMILES string of the molecule is Cl.O=C(NCc1ccccc1COCc1ccccc1)C1CC(F)(F)CN1. The molecule has 0 saturated carbocycles. The molecular weight excluding hydrogens is 374 g/mol. The van der Waals surface area contributed by atoms with E-state index in [4.69, 9.17) is 4.74 Å². The van der Waals surface area contributed by atoms with E-state index < -0.39 is 30.8 Å². The van der Waals surface area contributed by atoms with E-state index in [-0.39, 0.29) is 19.0 Å². The summed E-state index contributed by atoms with van der Waals surface area (Å²) in [6.07, 6.45) is -0.458. The average Bonchev–Trinajstić information content (AvgIpc) is 3.01. The number of nitrogens with one attached hydrogen (secondary N) is 2. The zero-order chi connectivity index (χ0) is 18.4.